The summed E-state index contributed by atoms with van der Waals surface area (Å²) < 4.78 is 5.58. The van der Waals surface area contributed by atoms with Crippen LogP contribution in [0.2, 0.25) is 0 Å². The highest BCUT2D eigenvalue weighted by Gasteiger charge is 2.46. The molecule has 3 aliphatic rings. The van der Waals surface area contributed by atoms with Gasteiger partial charge in [0.2, 0.25) is 5.91 Å². The number of carboxylic acid groups (broad SMARTS) is 1. The van der Waals surface area contributed by atoms with E-state index in [1.807, 2.05) is 24.3 Å². The van der Waals surface area contributed by atoms with E-state index in [2.05, 4.69) is 34.9 Å². The van der Waals surface area contributed by atoms with Gasteiger partial charge in [0.15, 0.2) is 0 Å². The maximum atomic E-state index is 12.4. The number of nitrogens with one attached hydrogen (secondary N) is 2. The lowest BCUT2D eigenvalue weighted by atomic mass is 9.75. The summed E-state index contributed by atoms with van der Waals surface area (Å²) in [5, 5.41) is 14.9. The maximum Gasteiger partial charge on any atom is 0.407 e. The first-order valence-corrected chi connectivity index (χ1v) is 11.6. The van der Waals surface area contributed by atoms with Gasteiger partial charge >= 0.3 is 12.1 Å². The molecule has 2 amide bonds. The Morgan fingerprint density at radius 1 is 0.970 bits per heavy atom. The van der Waals surface area contributed by atoms with Crippen molar-refractivity contribution in [3.05, 3.63) is 59.7 Å². The average molecular weight is 449 g/mol. The number of rotatable bonds is 7. The SMILES string of the molecule is O=C(CC1CC(NC(=O)OCC2c3ccccc3-c3ccccc32)C1)NC1(C(=O)O)CCC1. The van der Waals surface area contributed by atoms with E-state index >= 15 is 0 Å². The summed E-state index contributed by atoms with van der Waals surface area (Å²) in [7, 11) is 0. The van der Waals surface area contributed by atoms with E-state index in [1.54, 1.807) is 0 Å². The summed E-state index contributed by atoms with van der Waals surface area (Å²) in [5.74, 6) is -1.00. The zero-order chi connectivity index (χ0) is 23.0. The molecule has 3 N–H and O–H groups in total. The first-order valence-electron chi connectivity index (χ1n) is 11.6. The van der Waals surface area contributed by atoms with Gasteiger partial charge in [-0.05, 0) is 60.3 Å². The summed E-state index contributed by atoms with van der Waals surface area (Å²) >= 11 is 0. The number of hydrogen-bond donors (Lipinski definition) is 3. The molecule has 5 rings (SSSR count). The summed E-state index contributed by atoms with van der Waals surface area (Å²) in [5.41, 5.74) is 3.65. The molecular formula is C26H28N2O5. The van der Waals surface area contributed by atoms with Crippen LogP contribution in [0.25, 0.3) is 11.1 Å². The minimum absolute atomic E-state index is 0.0180. The predicted octanol–water partition coefficient (Wildman–Crippen LogP) is 3.82. The van der Waals surface area contributed by atoms with E-state index in [4.69, 9.17) is 4.74 Å². The van der Waals surface area contributed by atoms with Gasteiger partial charge in [-0.2, -0.15) is 0 Å². The highest BCUT2D eigenvalue weighted by atomic mass is 16.5. The van der Waals surface area contributed by atoms with Crippen LogP contribution in [0.4, 0.5) is 4.79 Å². The molecule has 2 fully saturated rings. The minimum Gasteiger partial charge on any atom is -0.480 e. The summed E-state index contributed by atoms with van der Waals surface area (Å²) in [6.45, 7) is 0.273. The van der Waals surface area contributed by atoms with Crippen molar-refractivity contribution in [2.45, 2.75) is 56.0 Å². The Morgan fingerprint density at radius 3 is 2.12 bits per heavy atom. The molecule has 0 atom stereocenters. The van der Waals surface area contributed by atoms with Gasteiger partial charge in [-0.1, -0.05) is 48.5 Å². The fraction of sp³-hybridized carbons (Fsp3) is 0.423. The van der Waals surface area contributed by atoms with E-state index in [0.717, 1.165) is 6.42 Å². The lowest BCUT2D eigenvalue weighted by molar-refractivity contribution is -0.152. The van der Waals surface area contributed by atoms with Gasteiger partial charge in [-0.15, -0.1) is 0 Å². The Labute approximate surface area is 192 Å². The van der Waals surface area contributed by atoms with E-state index in [-0.39, 0.29) is 36.8 Å². The highest BCUT2D eigenvalue weighted by Crippen LogP contribution is 2.44. The van der Waals surface area contributed by atoms with Crippen molar-refractivity contribution < 1.29 is 24.2 Å². The summed E-state index contributed by atoms with van der Waals surface area (Å²) in [6.07, 6.45) is 3.04. The Morgan fingerprint density at radius 2 is 1.58 bits per heavy atom. The standard InChI is InChI=1S/C26H28N2O5/c29-23(28-26(24(30)31)10-5-11-26)14-16-12-17(13-16)27-25(32)33-15-22-20-8-3-1-6-18(20)19-7-2-4-9-21(19)22/h1-4,6-9,16-17,22H,5,10-15H2,(H,27,32)(H,28,29)(H,30,31). The van der Waals surface area contributed by atoms with Crippen LogP contribution in [-0.2, 0) is 14.3 Å². The van der Waals surface area contributed by atoms with Crippen LogP contribution in [0, 0.1) is 5.92 Å². The molecule has 0 heterocycles. The van der Waals surface area contributed by atoms with Crippen LogP contribution >= 0.6 is 0 Å². The van der Waals surface area contributed by atoms with Gasteiger partial charge < -0.3 is 20.5 Å². The number of ether oxygens (including phenoxy) is 1. The molecule has 2 aromatic carbocycles. The smallest absolute Gasteiger partial charge is 0.407 e. The second-order valence-electron chi connectivity index (χ2n) is 9.50. The van der Waals surface area contributed by atoms with Crippen molar-refractivity contribution in [3.63, 3.8) is 0 Å². The number of hydrogen-bond acceptors (Lipinski definition) is 4. The molecule has 3 aliphatic carbocycles. The average Bonchev–Trinajstić information content (AvgIpc) is 3.07. The molecule has 2 aromatic rings. The number of amides is 2. The Balaban J connectivity index is 1.08. The summed E-state index contributed by atoms with van der Waals surface area (Å²) in [4.78, 5) is 36.0. The van der Waals surface area contributed by atoms with Crippen molar-refractivity contribution in [1.29, 1.82) is 0 Å². The molecule has 7 nitrogen and oxygen atoms in total. The largest absolute Gasteiger partial charge is 0.480 e. The third-order valence-corrected chi connectivity index (χ3v) is 7.37. The van der Waals surface area contributed by atoms with Crippen LogP contribution in [-0.4, -0.2) is 41.3 Å². The van der Waals surface area contributed by atoms with Crippen molar-refractivity contribution in [2.24, 2.45) is 5.92 Å². The van der Waals surface area contributed by atoms with Crippen LogP contribution < -0.4 is 10.6 Å². The van der Waals surface area contributed by atoms with Crippen molar-refractivity contribution in [2.75, 3.05) is 6.61 Å². The van der Waals surface area contributed by atoms with Crippen LogP contribution in [0.15, 0.2) is 48.5 Å². The third-order valence-electron chi connectivity index (χ3n) is 7.37. The number of carbonyl (C=O) groups excluding carboxylic acids is 2. The molecule has 0 saturated heterocycles. The number of carbonyl (C=O) groups is 3. The first-order chi connectivity index (χ1) is 15.9. The molecule has 33 heavy (non-hydrogen) atoms. The number of fused-ring (bicyclic) bond motifs is 3. The van der Waals surface area contributed by atoms with Crippen molar-refractivity contribution in [3.8, 4) is 11.1 Å². The predicted molar refractivity (Wildman–Crippen MR) is 122 cm³/mol. The van der Waals surface area contributed by atoms with Crippen molar-refractivity contribution in [1.82, 2.24) is 10.6 Å². The maximum absolute atomic E-state index is 12.4. The zero-order valence-electron chi connectivity index (χ0n) is 18.4. The molecule has 172 valence electrons. The Hall–Kier alpha value is -3.35. The van der Waals surface area contributed by atoms with Crippen LogP contribution in [0.5, 0.6) is 0 Å². The van der Waals surface area contributed by atoms with Gasteiger partial charge in [0.25, 0.3) is 0 Å². The quantitative estimate of drug-likeness (QED) is 0.597. The number of alkyl carbamates (subject to hydrolysis) is 1. The summed E-state index contributed by atoms with van der Waals surface area (Å²) in [6, 6.07) is 16.4. The molecule has 0 unspecified atom stereocenters. The number of carboxylic acids is 1. The third kappa shape index (κ3) is 4.08. The van der Waals surface area contributed by atoms with Crippen molar-refractivity contribution >= 4 is 18.0 Å². The molecular weight excluding hydrogens is 420 g/mol. The van der Waals surface area contributed by atoms with E-state index in [9.17, 15) is 19.5 Å². The van der Waals surface area contributed by atoms with Gasteiger partial charge in [0.05, 0.1) is 0 Å². The first kappa shape index (κ1) is 21.5. The normalized spacial score (nSPS) is 22.2. The van der Waals surface area contributed by atoms with E-state index in [0.29, 0.717) is 25.7 Å². The molecule has 0 bridgehead atoms. The van der Waals surface area contributed by atoms with E-state index in [1.165, 1.54) is 22.3 Å². The molecule has 2 saturated carbocycles. The molecule has 0 aromatic heterocycles. The molecule has 0 spiro atoms. The minimum atomic E-state index is -1.07. The second-order valence-corrected chi connectivity index (χ2v) is 9.50. The van der Waals surface area contributed by atoms with Crippen LogP contribution in [0.3, 0.4) is 0 Å². The lowest BCUT2D eigenvalue weighted by Gasteiger charge is -2.40. The highest BCUT2D eigenvalue weighted by molar-refractivity contribution is 5.88. The van der Waals surface area contributed by atoms with Crippen LogP contribution in [0.1, 0.15) is 55.6 Å². The number of benzene rings is 2. The molecule has 0 aliphatic heterocycles. The van der Waals surface area contributed by atoms with Gasteiger partial charge in [-0.25, -0.2) is 9.59 Å². The Bertz CT molecular complexity index is 1040. The van der Waals surface area contributed by atoms with Gasteiger partial charge in [-0.3, -0.25) is 4.79 Å². The lowest BCUT2D eigenvalue weighted by Crippen LogP contribution is -2.59. The topological polar surface area (TPSA) is 105 Å². The molecule has 7 heteroatoms. The Kier molecular flexibility index (Phi) is 5.56. The van der Waals surface area contributed by atoms with Gasteiger partial charge in [0, 0.05) is 18.4 Å². The van der Waals surface area contributed by atoms with E-state index < -0.39 is 17.6 Å². The fourth-order valence-electron chi connectivity index (χ4n) is 5.33. The zero-order valence-corrected chi connectivity index (χ0v) is 18.4. The monoisotopic (exact) mass is 448 g/mol. The fourth-order valence-corrected chi connectivity index (χ4v) is 5.33. The number of aliphatic carboxylic acids is 1. The molecule has 0 radical (unpaired) electrons. The van der Waals surface area contributed by atoms with Gasteiger partial charge in [0.1, 0.15) is 12.1 Å². The second kappa shape index (κ2) is 8.54.